The first-order chi connectivity index (χ1) is 14.6. The fourth-order valence-electron chi connectivity index (χ4n) is 3.26. The molecule has 0 aliphatic carbocycles. The Hall–Kier alpha value is -3.96. The van der Waals surface area contributed by atoms with Gasteiger partial charge in [0.2, 0.25) is 0 Å². The van der Waals surface area contributed by atoms with Crippen LogP contribution in [0.25, 0.3) is 0 Å². The molecular formula is C19H16F3N7O2. The number of carbonyl (C=O) groups is 2. The summed E-state index contributed by atoms with van der Waals surface area (Å²) in [7, 11) is 0. The van der Waals surface area contributed by atoms with Gasteiger partial charge in [-0.25, -0.2) is 0 Å². The minimum absolute atomic E-state index is 0.00921. The molecule has 0 fully saturated rings. The van der Waals surface area contributed by atoms with Crippen molar-refractivity contribution in [1.82, 2.24) is 20.0 Å². The molecule has 0 bridgehead atoms. The largest absolute Gasteiger partial charge is 0.416 e. The summed E-state index contributed by atoms with van der Waals surface area (Å²) in [6.07, 6.45) is -3.14. The Kier molecular flexibility index (Phi) is 4.84. The molecule has 1 aliphatic heterocycles. The van der Waals surface area contributed by atoms with Gasteiger partial charge in [0.05, 0.1) is 23.5 Å². The Balaban J connectivity index is 1.62. The van der Waals surface area contributed by atoms with Crippen molar-refractivity contribution in [3.8, 4) is 0 Å². The van der Waals surface area contributed by atoms with Gasteiger partial charge >= 0.3 is 6.18 Å². The van der Waals surface area contributed by atoms with Gasteiger partial charge in [-0.2, -0.15) is 18.3 Å². The van der Waals surface area contributed by atoms with Crippen LogP contribution in [0.5, 0.6) is 0 Å². The van der Waals surface area contributed by atoms with Crippen molar-refractivity contribution in [2.45, 2.75) is 19.1 Å². The van der Waals surface area contributed by atoms with Crippen molar-refractivity contribution in [1.29, 1.82) is 0 Å². The smallest absolute Gasteiger partial charge is 0.382 e. The molecule has 0 radical (unpaired) electrons. The van der Waals surface area contributed by atoms with Crippen molar-refractivity contribution in [2.24, 2.45) is 0 Å². The molecule has 2 aromatic heterocycles. The summed E-state index contributed by atoms with van der Waals surface area (Å²) in [4.78, 5) is 26.9. The molecular weight excluding hydrogens is 415 g/mol. The molecule has 1 aliphatic rings. The molecule has 0 spiro atoms. The van der Waals surface area contributed by atoms with Gasteiger partial charge in [-0.05, 0) is 43.3 Å². The molecule has 2 amide bonds. The van der Waals surface area contributed by atoms with Crippen molar-refractivity contribution in [3.63, 3.8) is 0 Å². The van der Waals surface area contributed by atoms with Crippen LogP contribution in [0.3, 0.4) is 0 Å². The van der Waals surface area contributed by atoms with Gasteiger partial charge in [-0.15, -0.1) is 10.2 Å². The number of carbonyl (C=O) groups excluding carboxylic acids is 2. The molecule has 1 aromatic carbocycles. The van der Waals surface area contributed by atoms with Gasteiger partial charge in [0, 0.05) is 12.2 Å². The summed E-state index contributed by atoms with van der Waals surface area (Å²) in [6, 6.07) is 6.82. The third-order valence-corrected chi connectivity index (χ3v) is 4.78. The summed E-state index contributed by atoms with van der Waals surface area (Å²) in [5, 5.41) is 14.1. The highest BCUT2D eigenvalue weighted by molar-refractivity contribution is 6.12. The highest BCUT2D eigenvalue weighted by Gasteiger charge is 2.35. The first kappa shape index (κ1) is 20.3. The van der Waals surface area contributed by atoms with Gasteiger partial charge in [0.1, 0.15) is 5.82 Å². The highest BCUT2D eigenvalue weighted by atomic mass is 19.4. The van der Waals surface area contributed by atoms with E-state index in [0.29, 0.717) is 5.69 Å². The van der Waals surface area contributed by atoms with Gasteiger partial charge < -0.3 is 16.0 Å². The van der Waals surface area contributed by atoms with E-state index in [1.165, 1.54) is 40.0 Å². The molecule has 3 heterocycles. The van der Waals surface area contributed by atoms with Crippen LogP contribution in [0.1, 0.15) is 39.5 Å². The minimum atomic E-state index is -4.47. The standard InChI is InChI=1S/C19H16F3N7O2/c1-10-9-28(12-4-2-11(3-5-12)19(20,21)22)18(31)16-14(8-24-29(10)16)25-17(30)13-6-7-15(23)27-26-13/h2-8,10H,9H2,1H3,(H2,23,27)(H,25,30)/t10-/m0/s1. The predicted molar refractivity (Wildman–Crippen MR) is 104 cm³/mol. The molecule has 1 atom stereocenters. The van der Waals surface area contributed by atoms with E-state index in [1.807, 2.05) is 0 Å². The summed E-state index contributed by atoms with van der Waals surface area (Å²) in [5.41, 5.74) is 5.20. The Bertz CT molecular complexity index is 1140. The maximum Gasteiger partial charge on any atom is 0.416 e. The average molecular weight is 431 g/mol. The van der Waals surface area contributed by atoms with E-state index in [4.69, 9.17) is 5.73 Å². The van der Waals surface area contributed by atoms with E-state index in [2.05, 4.69) is 20.6 Å². The second-order valence-corrected chi connectivity index (χ2v) is 6.96. The first-order valence-corrected chi connectivity index (χ1v) is 9.12. The predicted octanol–water partition coefficient (Wildman–Crippen LogP) is 2.75. The highest BCUT2D eigenvalue weighted by Crippen LogP contribution is 2.33. The minimum Gasteiger partial charge on any atom is -0.382 e. The third kappa shape index (κ3) is 3.79. The maximum absolute atomic E-state index is 13.1. The lowest BCUT2D eigenvalue weighted by Crippen LogP contribution is -2.43. The number of nitrogens with two attached hydrogens (primary N) is 1. The zero-order chi connectivity index (χ0) is 22.3. The van der Waals surface area contributed by atoms with Crippen LogP contribution >= 0.6 is 0 Å². The van der Waals surface area contributed by atoms with Crippen LogP contribution in [-0.2, 0) is 6.18 Å². The number of hydrogen-bond donors (Lipinski definition) is 2. The van der Waals surface area contributed by atoms with Gasteiger partial charge in [0.25, 0.3) is 11.8 Å². The normalized spacial score (nSPS) is 16.2. The van der Waals surface area contributed by atoms with Crippen molar-refractivity contribution < 1.29 is 22.8 Å². The number of nitrogen functional groups attached to an aromatic ring is 1. The van der Waals surface area contributed by atoms with Crippen molar-refractivity contribution in [3.05, 3.63) is 59.5 Å². The number of hydrogen-bond acceptors (Lipinski definition) is 6. The molecule has 0 saturated heterocycles. The molecule has 0 unspecified atom stereocenters. The van der Waals surface area contributed by atoms with E-state index in [1.54, 1.807) is 6.92 Å². The van der Waals surface area contributed by atoms with E-state index < -0.39 is 23.6 Å². The topological polar surface area (TPSA) is 119 Å². The zero-order valence-electron chi connectivity index (χ0n) is 16.1. The number of amides is 2. The van der Waals surface area contributed by atoms with E-state index >= 15 is 0 Å². The van der Waals surface area contributed by atoms with Crippen molar-refractivity contribution >= 4 is 29.0 Å². The Labute approximate surface area is 173 Å². The number of rotatable bonds is 3. The third-order valence-electron chi connectivity index (χ3n) is 4.78. The van der Waals surface area contributed by atoms with E-state index in [-0.39, 0.29) is 35.5 Å². The average Bonchev–Trinajstić information content (AvgIpc) is 3.15. The lowest BCUT2D eigenvalue weighted by molar-refractivity contribution is -0.137. The van der Waals surface area contributed by atoms with E-state index in [9.17, 15) is 22.8 Å². The quantitative estimate of drug-likeness (QED) is 0.658. The Morgan fingerprint density at radius 2 is 1.87 bits per heavy atom. The fourth-order valence-corrected chi connectivity index (χ4v) is 3.26. The van der Waals surface area contributed by atoms with Crippen LogP contribution in [0, 0.1) is 0 Å². The van der Waals surface area contributed by atoms with Gasteiger partial charge in [-0.1, -0.05) is 0 Å². The lowest BCUT2D eigenvalue weighted by Gasteiger charge is -2.32. The zero-order valence-corrected chi connectivity index (χ0v) is 16.1. The van der Waals surface area contributed by atoms with Crippen LogP contribution in [0.4, 0.5) is 30.4 Å². The number of alkyl halides is 3. The SMILES string of the molecule is C[C@H]1CN(c2ccc(C(F)(F)F)cc2)C(=O)c2c(NC(=O)c3ccc(N)nn3)cnn21. The molecule has 4 rings (SSSR count). The van der Waals surface area contributed by atoms with Crippen LogP contribution in [0.2, 0.25) is 0 Å². The summed E-state index contributed by atoms with van der Waals surface area (Å²) < 4.78 is 40.0. The number of aromatic nitrogens is 4. The number of benzene rings is 1. The number of nitrogens with zero attached hydrogens (tertiary/aromatic N) is 5. The van der Waals surface area contributed by atoms with E-state index in [0.717, 1.165) is 12.1 Å². The second kappa shape index (κ2) is 7.38. The van der Waals surface area contributed by atoms with Gasteiger partial charge in [-0.3, -0.25) is 14.3 Å². The Morgan fingerprint density at radius 3 is 2.48 bits per heavy atom. The first-order valence-electron chi connectivity index (χ1n) is 9.12. The molecule has 160 valence electrons. The van der Waals surface area contributed by atoms with Crippen molar-refractivity contribution in [2.75, 3.05) is 22.5 Å². The number of nitrogens with one attached hydrogen (secondary N) is 1. The molecule has 3 aromatic rings. The monoisotopic (exact) mass is 431 g/mol. The Morgan fingerprint density at radius 1 is 1.16 bits per heavy atom. The molecule has 3 N–H and O–H groups in total. The fraction of sp³-hybridized carbons (Fsp3) is 0.211. The molecule has 9 nitrogen and oxygen atoms in total. The van der Waals surface area contributed by atoms with Crippen LogP contribution in [-0.4, -0.2) is 38.3 Å². The number of anilines is 3. The van der Waals surface area contributed by atoms with Gasteiger partial charge in [0.15, 0.2) is 11.4 Å². The van der Waals surface area contributed by atoms with Crippen LogP contribution < -0.4 is 16.0 Å². The summed E-state index contributed by atoms with van der Waals surface area (Å²) in [6.45, 7) is 2.01. The maximum atomic E-state index is 13.1. The van der Waals surface area contributed by atoms with Crippen LogP contribution in [0.15, 0.2) is 42.6 Å². The molecule has 12 heteroatoms. The molecule has 0 saturated carbocycles. The number of fused-ring (bicyclic) bond motifs is 1. The lowest BCUT2D eigenvalue weighted by atomic mass is 10.1. The summed E-state index contributed by atoms with van der Waals surface area (Å²) in [5.74, 6) is -0.972. The summed E-state index contributed by atoms with van der Waals surface area (Å²) >= 11 is 0. The molecule has 31 heavy (non-hydrogen) atoms. The second-order valence-electron chi connectivity index (χ2n) is 6.96. The number of halogens is 3.